The third-order valence-corrected chi connectivity index (χ3v) is 2.93. The quantitative estimate of drug-likeness (QED) is 0.567. The second-order valence-corrected chi connectivity index (χ2v) is 4.13. The van der Waals surface area contributed by atoms with Gasteiger partial charge >= 0.3 is 0 Å². The Morgan fingerprint density at radius 1 is 1.23 bits per heavy atom. The van der Waals surface area contributed by atoms with Crippen molar-refractivity contribution in [3.63, 3.8) is 0 Å². The summed E-state index contributed by atoms with van der Waals surface area (Å²) in [4.78, 5) is 2.21. The SMILES string of the molecule is Fc1ccc(N2CC=CC2)c(I)c1. The Bertz CT molecular complexity index is 341. The third kappa shape index (κ3) is 1.85. The van der Waals surface area contributed by atoms with E-state index in [-0.39, 0.29) is 5.82 Å². The van der Waals surface area contributed by atoms with Crippen LogP contribution in [0.25, 0.3) is 0 Å². The molecule has 1 aromatic rings. The predicted molar refractivity (Wildman–Crippen MR) is 60.5 cm³/mol. The van der Waals surface area contributed by atoms with E-state index >= 15 is 0 Å². The molecule has 3 heteroatoms. The van der Waals surface area contributed by atoms with E-state index in [4.69, 9.17) is 0 Å². The zero-order valence-electron chi connectivity index (χ0n) is 7.00. The van der Waals surface area contributed by atoms with Crippen molar-refractivity contribution in [3.8, 4) is 0 Å². The van der Waals surface area contributed by atoms with Crippen molar-refractivity contribution >= 4 is 28.3 Å². The van der Waals surface area contributed by atoms with Gasteiger partial charge in [0, 0.05) is 16.7 Å². The van der Waals surface area contributed by atoms with Gasteiger partial charge in [-0.1, -0.05) is 12.2 Å². The lowest BCUT2D eigenvalue weighted by Gasteiger charge is -2.19. The van der Waals surface area contributed by atoms with E-state index in [0.29, 0.717) is 0 Å². The largest absolute Gasteiger partial charge is 0.363 e. The van der Waals surface area contributed by atoms with Gasteiger partial charge in [-0.15, -0.1) is 0 Å². The Morgan fingerprint density at radius 3 is 2.54 bits per heavy atom. The Hall–Kier alpha value is -0.580. The summed E-state index contributed by atoms with van der Waals surface area (Å²) in [5.74, 6) is -0.166. The fourth-order valence-corrected chi connectivity index (χ4v) is 2.23. The molecule has 0 unspecified atom stereocenters. The minimum atomic E-state index is -0.166. The van der Waals surface area contributed by atoms with Gasteiger partial charge in [-0.25, -0.2) is 4.39 Å². The predicted octanol–water partition coefficient (Wildman–Crippen LogP) is 2.81. The molecule has 0 bridgehead atoms. The minimum absolute atomic E-state index is 0.166. The molecule has 0 fully saturated rings. The highest BCUT2D eigenvalue weighted by atomic mass is 127. The van der Waals surface area contributed by atoms with E-state index in [9.17, 15) is 4.39 Å². The lowest BCUT2D eigenvalue weighted by molar-refractivity contribution is 0.626. The Kier molecular flexibility index (Phi) is 2.53. The van der Waals surface area contributed by atoms with Crippen LogP contribution in [0.5, 0.6) is 0 Å². The summed E-state index contributed by atoms with van der Waals surface area (Å²) in [6.07, 6.45) is 4.25. The third-order valence-electron chi connectivity index (χ3n) is 2.07. The van der Waals surface area contributed by atoms with Crippen molar-refractivity contribution in [2.45, 2.75) is 0 Å². The van der Waals surface area contributed by atoms with E-state index in [1.54, 1.807) is 6.07 Å². The van der Waals surface area contributed by atoms with Crippen LogP contribution in [-0.2, 0) is 0 Å². The van der Waals surface area contributed by atoms with Crippen LogP contribution in [0, 0.1) is 9.39 Å². The first-order chi connectivity index (χ1) is 6.27. The summed E-state index contributed by atoms with van der Waals surface area (Å²) in [6.45, 7) is 1.86. The molecule has 0 aliphatic carbocycles. The average molecular weight is 289 g/mol. The molecule has 0 amide bonds. The van der Waals surface area contributed by atoms with E-state index in [0.717, 1.165) is 22.3 Å². The van der Waals surface area contributed by atoms with Crippen LogP contribution in [0.15, 0.2) is 30.4 Å². The highest BCUT2D eigenvalue weighted by Crippen LogP contribution is 2.24. The fourth-order valence-electron chi connectivity index (χ4n) is 1.41. The van der Waals surface area contributed by atoms with Crippen molar-refractivity contribution in [1.29, 1.82) is 0 Å². The van der Waals surface area contributed by atoms with Gasteiger partial charge < -0.3 is 4.90 Å². The molecule has 2 rings (SSSR count). The second-order valence-electron chi connectivity index (χ2n) is 2.97. The standard InChI is InChI=1S/C10H9FIN/c11-8-3-4-10(9(12)7-8)13-5-1-2-6-13/h1-4,7H,5-6H2. The molecule has 0 saturated heterocycles. The van der Waals surface area contributed by atoms with Crippen LogP contribution in [-0.4, -0.2) is 13.1 Å². The molecule has 1 aromatic carbocycles. The lowest BCUT2D eigenvalue weighted by atomic mass is 10.3. The van der Waals surface area contributed by atoms with Crippen LogP contribution in [0.1, 0.15) is 0 Å². The summed E-state index contributed by atoms with van der Waals surface area (Å²) in [7, 11) is 0. The molecular weight excluding hydrogens is 280 g/mol. The highest BCUT2D eigenvalue weighted by Gasteiger charge is 2.10. The van der Waals surface area contributed by atoms with Crippen LogP contribution < -0.4 is 4.90 Å². The normalized spacial score (nSPS) is 15.4. The summed E-state index contributed by atoms with van der Waals surface area (Å²) < 4.78 is 13.8. The van der Waals surface area contributed by atoms with Crippen LogP contribution in [0.2, 0.25) is 0 Å². The molecule has 13 heavy (non-hydrogen) atoms. The van der Waals surface area contributed by atoms with E-state index < -0.39 is 0 Å². The molecular formula is C10H9FIN. The van der Waals surface area contributed by atoms with Crippen molar-refractivity contribution in [3.05, 3.63) is 39.7 Å². The zero-order valence-corrected chi connectivity index (χ0v) is 9.16. The number of hydrogen-bond donors (Lipinski definition) is 0. The molecule has 1 heterocycles. The molecule has 1 aliphatic heterocycles. The van der Waals surface area contributed by atoms with Crippen molar-refractivity contribution in [2.75, 3.05) is 18.0 Å². The average Bonchev–Trinajstić information content (AvgIpc) is 2.56. The first-order valence-corrected chi connectivity index (χ1v) is 5.20. The number of halogens is 2. The van der Waals surface area contributed by atoms with Gasteiger partial charge in [-0.2, -0.15) is 0 Å². The Labute approximate surface area is 90.4 Å². The second kappa shape index (κ2) is 3.65. The maximum atomic E-state index is 12.8. The molecule has 0 N–H and O–H groups in total. The van der Waals surface area contributed by atoms with Gasteiger partial charge in [-0.05, 0) is 40.8 Å². The Morgan fingerprint density at radius 2 is 1.92 bits per heavy atom. The maximum absolute atomic E-state index is 12.8. The molecule has 0 aromatic heterocycles. The summed E-state index contributed by atoms with van der Waals surface area (Å²) in [5.41, 5.74) is 1.12. The summed E-state index contributed by atoms with van der Waals surface area (Å²) in [5, 5.41) is 0. The van der Waals surface area contributed by atoms with Crippen molar-refractivity contribution < 1.29 is 4.39 Å². The van der Waals surface area contributed by atoms with E-state index in [2.05, 4.69) is 39.6 Å². The molecule has 1 aliphatic rings. The van der Waals surface area contributed by atoms with Crippen molar-refractivity contribution in [2.24, 2.45) is 0 Å². The Balaban J connectivity index is 2.30. The molecule has 1 nitrogen and oxygen atoms in total. The van der Waals surface area contributed by atoms with Crippen LogP contribution >= 0.6 is 22.6 Å². The molecule has 68 valence electrons. The first kappa shape index (κ1) is 8.99. The first-order valence-electron chi connectivity index (χ1n) is 4.12. The number of rotatable bonds is 1. The number of benzene rings is 1. The maximum Gasteiger partial charge on any atom is 0.124 e. The molecule has 0 spiro atoms. The van der Waals surface area contributed by atoms with Gasteiger partial charge in [0.1, 0.15) is 5.82 Å². The van der Waals surface area contributed by atoms with Gasteiger partial charge in [0.15, 0.2) is 0 Å². The zero-order chi connectivity index (χ0) is 9.26. The van der Waals surface area contributed by atoms with Crippen molar-refractivity contribution in [1.82, 2.24) is 0 Å². The fraction of sp³-hybridized carbons (Fsp3) is 0.200. The van der Waals surface area contributed by atoms with Crippen LogP contribution in [0.4, 0.5) is 10.1 Å². The lowest BCUT2D eigenvalue weighted by Crippen LogP contribution is -2.19. The van der Waals surface area contributed by atoms with Gasteiger partial charge in [0.05, 0.1) is 5.69 Å². The highest BCUT2D eigenvalue weighted by molar-refractivity contribution is 14.1. The van der Waals surface area contributed by atoms with Gasteiger partial charge in [0.25, 0.3) is 0 Å². The molecule has 0 atom stereocenters. The number of nitrogens with zero attached hydrogens (tertiary/aromatic N) is 1. The monoisotopic (exact) mass is 289 g/mol. The minimum Gasteiger partial charge on any atom is -0.363 e. The molecule has 0 radical (unpaired) electrons. The van der Waals surface area contributed by atoms with E-state index in [1.165, 1.54) is 6.07 Å². The van der Waals surface area contributed by atoms with Gasteiger partial charge in [0.2, 0.25) is 0 Å². The van der Waals surface area contributed by atoms with Crippen LogP contribution in [0.3, 0.4) is 0 Å². The summed E-state index contributed by atoms with van der Waals surface area (Å²) >= 11 is 2.17. The number of hydrogen-bond acceptors (Lipinski definition) is 1. The van der Waals surface area contributed by atoms with Gasteiger partial charge in [-0.3, -0.25) is 0 Å². The molecule has 0 saturated carbocycles. The summed E-state index contributed by atoms with van der Waals surface area (Å²) in [6, 6.07) is 4.91. The number of anilines is 1. The van der Waals surface area contributed by atoms with E-state index in [1.807, 2.05) is 6.07 Å². The smallest absolute Gasteiger partial charge is 0.124 e. The topological polar surface area (TPSA) is 3.24 Å².